The zero-order chi connectivity index (χ0) is 14.5. The molecule has 2 aromatic rings. The molecule has 110 valence electrons. The summed E-state index contributed by atoms with van der Waals surface area (Å²) in [6.07, 6.45) is 4.46. The zero-order valence-electron chi connectivity index (χ0n) is 11.6. The normalized spacial score (nSPS) is 17.7. The number of ether oxygens (including phenoxy) is 1. The first kappa shape index (κ1) is 13.8. The van der Waals surface area contributed by atoms with Gasteiger partial charge in [0.15, 0.2) is 11.6 Å². The minimum Gasteiger partial charge on any atom is -0.489 e. The predicted molar refractivity (Wildman–Crippen MR) is 77.7 cm³/mol. The smallest absolute Gasteiger partial charge is 0.165 e. The van der Waals surface area contributed by atoms with E-state index in [1.54, 1.807) is 18.5 Å². The van der Waals surface area contributed by atoms with E-state index in [1.165, 1.54) is 6.07 Å². The molecule has 1 unspecified atom stereocenters. The maximum Gasteiger partial charge on any atom is 0.165 e. The molecule has 1 fully saturated rings. The summed E-state index contributed by atoms with van der Waals surface area (Å²) in [4.78, 5) is 8.20. The van der Waals surface area contributed by atoms with Gasteiger partial charge in [-0.15, -0.1) is 0 Å². The Morgan fingerprint density at radius 1 is 1.33 bits per heavy atom. The van der Waals surface area contributed by atoms with Gasteiger partial charge in [-0.05, 0) is 31.2 Å². The van der Waals surface area contributed by atoms with Crippen molar-refractivity contribution in [1.82, 2.24) is 15.3 Å². The highest BCUT2D eigenvalue weighted by molar-refractivity contribution is 5.36. The fraction of sp³-hybridized carbons (Fsp3) is 0.333. The molecule has 5 nitrogen and oxygen atoms in total. The van der Waals surface area contributed by atoms with Gasteiger partial charge in [0.05, 0.1) is 12.2 Å². The highest BCUT2D eigenvalue weighted by Gasteiger charge is 2.16. The highest BCUT2D eigenvalue weighted by atomic mass is 19.1. The first-order valence-corrected chi connectivity index (χ1v) is 6.98. The molecule has 0 amide bonds. The summed E-state index contributed by atoms with van der Waals surface area (Å²) < 4.78 is 19.3. The maximum atomic E-state index is 13.5. The lowest BCUT2D eigenvalue weighted by Gasteiger charge is -2.13. The van der Waals surface area contributed by atoms with Gasteiger partial charge in [-0.2, -0.15) is 0 Å². The zero-order valence-corrected chi connectivity index (χ0v) is 11.6. The van der Waals surface area contributed by atoms with Crippen LogP contribution in [0.5, 0.6) is 5.75 Å². The molecule has 3 rings (SSSR count). The van der Waals surface area contributed by atoms with Gasteiger partial charge in [-0.1, -0.05) is 0 Å². The van der Waals surface area contributed by atoms with E-state index in [9.17, 15) is 4.39 Å². The van der Waals surface area contributed by atoms with E-state index in [-0.39, 0.29) is 17.7 Å². The number of nitrogens with one attached hydrogen (secondary N) is 2. The summed E-state index contributed by atoms with van der Waals surface area (Å²) in [5.41, 5.74) is 0.781. The third-order valence-electron chi connectivity index (χ3n) is 3.30. The van der Waals surface area contributed by atoms with Crippen LogP contribution in [0, 0.1) is 5.82 Å². The van der Waals surface area contributed by atoms with Crippen molar-refractivity contribution < 1.29 is 9.13 Å². The van der Waals surface area contributed by atoms with Crippen molar-refractivity contribution in [1.29, 1.82) is 0 Å². The standard InChI is InChI=1S/C15H17FN4O/c16-14-2-1-5-19-15(14)20-9-11-8-12(4-7-18-11)21-13-3-6-17-10-13/h1-2,4-5,7-8,13,17H,3,6,9-10H2,(H,19,20). The van der Waals surface area contributed by atoms with E-state index < -0.39 is 0 Å². The van der Waals surface area contributed by atoms with E-state index in [0.29, 0.717) is 6.54 Å². The van der Waals surface area contributed by atoms with Crippen LogP contribution in [-0.4, -0.2) is 29.2 Å². The fourth-order valence-electron chi connectivity index (χ4n) is 2.24. The Kier molecular flexibility index (Phi) is 4.25. The molecule has 2 aromatic heterocycles. The van der Waals surface area contributed by atoms with Crippen LogP contribution in [0.25, 0.3) is 0 Å². The van der Waals surface area contributed by atoms with Crippen molar-refractivity contribution in [3.8, 4) is 5.75 Å². The van der Waals surface area contributed by atoms with E-state index in [0.717, 1.165) is 31.0 Å². The van der Waals surface area contributed by atoms with E-state index >= 15 is 0 Å². The Morgan fingerprint density at radius 2 is 2.29 bits per heavy atom. The Labute approximate surface area is 122 Å². The summed E-state index contributed by atoms with van der Waals surface area (Å²) >= 11 is 0. The second-order valence-electron chi connectivity index (χ2n) is 4.90. The van der Waals surface area contributed by atoms with Crippen molar-refractivity contribution in [2.45, 2.75) is 19.1 Å². The SMILES string of the molecule is Fc1cccnc1NCc1cc(OC2CCNC2)ccn1. The summed E-state index contributed by atoms with van der Waals surface area (Å²) in [6.45, 7) is 2.26. The van der Waals surface area contributed by atoms with Gasteiger partial charge in [0.1, 0.15) is 11.9 Å². The number of hydrogen-bond donors (Lipinski definition) is 2. The van der Waals surface area contributed by atoms with Crippen molar-refractivity contribution in [3.63, 3.8) is 0 Å². The summed E-state index contributed by atoms with van der Waals surface area (Å²) in [7, 11) is 0. The monoisotopic (exact) mass is 288 g/mol. The average molecular weight is 288 g/mol. The van der Waals surface area contributed by atoms with Crippen LogP contribution >= 0.6 is 0 Å². The first-order chi connectivity index (χ1) is 10.3. The van der Waals surface area contributed by atoms with Crippen molar-refractivity contribution in [2.24, 2.45) is 0 Å². The molecule has 1 atom stereocenters. The van der Waals surface area contributed by atoms with Crippen molar-refractivity contribution >= 4 is 5.82 Å². The van der Waals surface area contributed by atoms with Gasteiger partial charge in [0.25, 0.3) is 0 Å². The number of hydrogen-bond acceptors (Lipinski definition) is 5. The molecule has 21 heavy (non-hydrogen) atoms. The first-order valence-electron chi connectivity index (χ1n) is 6.98. The molecule has 3 heterocycles. The third kappa shape index (κ3) is 3.66. The molecule has 6 heteroatoms. The molecule has 0 radical (unpaired) electrons. The van der Waals surface area contributed by atoms with E-state index in [2.05, 4.69) is 20.6 Å². The summed E-state index contributed by atoms with van der Waals surface area (Å²) in [5, 5.41) is 6.19. The maximum absolute atomic E-state index is 13.5. The summed E-state index contributed by atoms with van der Waals surface area (Å²) in [5.74, 6) is 0.643. The minimum atomic E-state index is -0.373. The number of rotatable bonds is 5. The second kappa shape index (κ2) is 6.49. The quantitative estimate of drug-likeness (QED) is 0.881. The number of anilines is 1. The van der Waals surface area contributed by atoms with E-state index in [1.807, 2.05) is 12.1 Å². The molecule has 1 aliphatic rings. The van der Waals surface area contributed by atoms with Crippen LogP contribution in [0.3, 0.4) is 0 Å². The predicted octanol–water partition coefficient (Wildman–Crippen LogP) is 1.97. The third-order valence-corrected chi connectivity index (χ3v) is 3.30. The van der Waals surface area contributed by atoms with E-state index in [4.69, 9.17) is 4.74 Å². The van der Waals surface area contributed by atoms with Crippen molar-refractivity contribution in [2.75, 3.05) is 18.4 Å². The fourth-order valence-corrected chi connectivity index (χ4v) is 2.24. The van der Waals surface area contributed by atoms with Crippen molar-refractivity contribution in [3.05, 3.63) is 48.2 Å². The van der Waals surface area contributed by atoms with Crippen LogP contribution in [0.1, 0.15) is 12.1 Å². The van der Waals surface area contributed by atoms with Gasteiger partial charge in [-0.25, -0.2) is 9.37 Å². The number of halogens is 1. The lowest BCUT2D eigenvalue weighted by Crippen LogP contribution is -2.19. The minimum absolute atomic E-state index is 0.210. The Hall–Kier alpha value is -2.21. The molecule has 0 aliphatic carbocycles. The van der Waals surface area contributed by atoms with Crippen LogP contribution in [0.2, 0.25) is 0 Å². The average Bonchev–Trinajstić information content (AvgIpc) is 3.00. The highest BCUT2D eigenvalue weighted by Crippen LogP contribution is 2.16. The molecule has 0 saturated carbocycles. The van der Waals surface area contributed by atoms with Gasteiger partial charge in [0, 0.05) is 25.0 Å². The lowest BCUT2D eigenvalue weighted by atomic mass is 10.3. The molecular weight excluding hydrogens is 271 g/mol. The number of nitrogens with zero attached hydrogens (tertiary/aromatic N) is 2. The molecule has 1 saturated heterocycles. The van der Waals surface area contributed by atoms with Crippen LogP contribution < -0.4 is 15.4 Å². The van der Waals surface area contributed by atoms with Gasteiger partial charge >= 0.3 is 0 Å². The van der Waals surface area contributed by atoms with Gasteiger partial charge < -0.3 is 15.4 Å². The number of pyridine rings is 2. The van der Waals surface area contributed by atoms with Crippen LogP contribution in [0.4, 0.5) is 10.2 Å². The lowest BCUT2D eigenvalue weighted by molar-refractivity contribution is 0.222. The Balaban J connectivity index is 1.61. The van der Waals surface area contributed by atoms with Crippen LogP contribution in [-0.2, 0) is 6.54 Å². The van der Waals surface area contributed by atoms with Gasteiger partial charge in [0.2, 0.25) is 0 Å². The largest absolute Gasteiger partial charge is 0.489 e. The molecular formula is C15H17FN4O. The van der Waals surface area contributed by atoms with Gasteiger partial charge in [-0.3, -0.25) is 4.98 Å². The summed E-state index contributed by atoms with van der Waals surface area (Å²) in [6, 6.07) is 6.63. The molecule has 0 bridgehead atoms. The molecule has 0 spiro atoms. The molecule has 1 aliphatic heterocycles. The molecule has 0 aromatic carbocycles. The second-order valence-corrected chi connectivity index (χ2v) is 4.90. The Bertz CT molecular complexity index is 602. The van der Waals surface area contributed by atoms with Crippen LogP contribution in [0.15, 0.2) is 36.7 Å². The molecule has 2 N–H and O–H groups in total. The Morgan fingerprint density at radius 3 is 3.10 bits per heavy atom. The topological polar surface area (TPSA) is 59.1 Å². The number of aromatic nitrogens is 2.